The summed E-state index contributed by atoms with van der Waals surface area (Å²) in [4.78, 5) is 12.1. The molecule has 0 aliphatic rings. The van der Waals surface area contributed by atoms with Crippen molar-refractivity contribution in [2.75, 3.05) is 0 Å². The number of hydrogen-bond donors (Lipinski definition) is 2. The van der Waals surface area contributed by atoms with E-state index in [1.807, 2.05) is 27.7 Å². The lowest BCUT2D eigenvalue weighted by Gasteiger charge is -2.25. The molecule has 0 saturated heterocycles. The third kappa shape index (κ3) is 5.74. The number of carbonyl (C=O) groups excluding carboxylic acids is 1. The van der Waals surface area contributed by atoms with Crippen LogP contribution in [-0.4, -0.2) is 37.8 Å². The van der Waals surface area contributed by atoms with Gasteiger partial charge in [-0.25, -0.2) is 0 Å². The Bertz CT molecular complexity index is 1230. The van der Waals surface area contributed by atoms with Gasteiger partial charge in [-0.3, -0.25) is 13.9 Å². The second-order valence-corrected chi connectivity index (χ2v) is 11.0. The molecular formula is C22H28O8S2. The Morgan fingerprint density at radius 2 is 1.44 bits per heavy atom. The van der Waals surface area contributed by atoms with Crippen LogP contribution in [0.2, 0.25) is 0 Å². The topological polar surface area (TPSA) is 135 Å². The van der Waals surface area contributed by atoms with Gasteiger partial charge in [-0.05, 0) is 55.0 Å². The maximum Gasteiger partial charge on any atom is 0.298 e. The van der Waals surface area contributed by atoms with E-state index in [0.29, 0.717) is 18.4 Å². The van der Waals surface area contributed by atoms with E-state index in [2.05, 4.69) is 0 Å². The average Bonchev–Trinajstić information content (AvgIpc) is 2.71. The summed E-state index contributed by atoms with van der Waals surface area (Å²) in [5.74, 6) is -0.784. The van der Waals surface area contributed by atoms with Gasteiger partial charge in [0.05, 0.1) is 11.0 Å². The normalized spacial score (nSPS) is 13.6. The maximum atomic E-state index is 13.0. The number of hydrogen-bond acceptors (Lipinski definition) is 6. The van der Waals surface area contributed by atoms with Gasteiger partial charge in [0.15, 0.2) is 5.78 Å². The van der Waals surface area contributed by atoms with Crippen LogP contribution in [0, 0.1) is 0 Å². The zero-order valence-electron chi connectivity index (χ0n) is 18.6. The lowest BCUT2D eigenvalue weighted by Crippen LogP contribution is -2.20. The molecule has 0 heterocycles. The summed E-state index contributed by atoms with van der Waals surface area (Å²) in [6.07, 6.45) is 0.840. The smallest absolute Gasteiger partial charge is 0.298 e. The molecule has 0 aliphatic carbocycles. The number of rotatable bonds is 9. The maximum absolute atomic E-state index is 13.0. The first kappa shape index (κ1) is 26.0. The van der Waals surface area contributed by atoms with Gasteiger partial charge in [0, 0.05) is 11.1 Å². The van der Waals surface area contributed by atoms with E-state index in [4.69, 9.17) is 4.74 Å². The second-order valence-electron chi connectivity index (χ2n) is 8.23. The van der Waals surface area contributed by atoms with Gasteiger partial charge in [0.25, 0.3) is 20.2 Å². The van der Waals surface area contributed by atoms with Crippen molar-refractivity contribution in [3.63, 3.8) is 0 Å². The highest BCUT2D eigenvalue weighted by molar-refractivity contribution is 7.86. The van der Waals surface area contributed by atoms with Gasteiger partial charge in [-0.15, -0.1) is 0 Å². The summed E-state index contributed by atoms with van der Waals surface area (Å²) < 4.78 is 72.6. The summed E-state index contributed by atoms with van der Waals surface area (Å²) in [6.45, 7) is 9.06. The number of ether oxygens (including phenoxy) is 1. The van der Waals surface area contributed by atoms with Gasteiger partial charge in [0.1, 0.15) is 10.6 Å². The number of carbonyl (C=O) groups is 1. The van der Waals surface area contributed by atoms with E-state index < -0.39 is 36.3 Å². The predicted molar refractivity (Wildman–Crippen MR) is 120 cm³/mol. The molecule has 0 aromatic heterocycles. The average molecular weight is 485 g/mol. The molecule has 2 aromatic carbocycles. The largest absolute Gasteiger partial charge is 0.489 e. The van der Waals surface area contributed by atoms with Crippen LogP contribution in [0.5, 0.6) is 5.75 Å². The summed E-state index contributed by atoms with van der Waals surface area (Å²) in [5, 5.41) is 0. The fourth-order valence-electron chi connectivity index (χ4n) is 3.04. The van der Waals surface area contributed by atoms with Gasteiger partial charge in [0.2, 0.25) is 0 Å². The standard InChI is InChI=1S/C22H28O8S2/c1-6-14(3)30-18-11-9-16(13-20(18)32(27,28)29)21(23)15-8-10-17(22(4,5)7-2)19(12-15)31(24,25)26/h8-14H,6-7H2,1-5H3,(H,24,25,26)(H,27,28,29). The van der Waals surface area contributed by atoms with E-state index in [9.17, 15) is 30.7 Å². The SMILES string of the molecule is CCC(C)Oc1ccc(C(=O)c2ccc(C(C)(C)CC)c(S(=O)(=O)O)c2)cc1S(=O)(=O)O. The molecule has 0 amide bonds. The summed E-state index contributed by atoms with van der Waals surface area (Å²) in [5.41, 5.74) is -0.391. The first-order chi connectivity index (χ1) is 14.6. The summed E-state index contributed by atoms with van der Waals surface area (Å²) in [7, 11) is -9.33. The van der Waals surface area contributed by atoms with E-state index in [1.165, 1.54) is 24.3 Å². The molecular weight excluding hydrogens is 456 g/mol. The first-order valence-electron chi connectivity index (χ1n) is 10.1. The van der Waals surface area contributed by atoms with Crippen LogP contribution < -0.4 is 4.74 Å². The molecule has 2 rings (SSSR count). The van der Waals surface area contributed by atoms with Crippen molar-refractivity contribution in [2.45, 2.75) is 68.8 Å². The molecule has 0 radical (unpaired) electrons. The van der Waals surface area contributed by atoms with Crippen molar-refractivity contribution in [3.05, 3.63) is 53.1 Å². The monoisotopic (exact) mass is 484 g/mol. The Labute approximate surface area is 189 Å². The second kappa shape index (κ2) is 9.30. The van der Waals surface area contributed by atoms with Crippen molar-refractivity contribution in [1.29, 1.82) is 0 Å². The molecule has 1 unspecified atom stereocenters. The molecule has 0 bridgehead atoms. The van der Waals surface area contributed by atoms with Crippen molar-refractivity contribution in [3.8, 4) is 5.75 Å². The first-order valence-corrected chi connectivity index (χ1v) is 12.9. The van der Waals surface area contributed by atoms with Crippen molar-refractivity contribution in [1.82, 2.24) is 0 Å². The minimum Gasteiger partial charge on any atom is -0.489 e. The highest BCUT2D eigenvalue weighted by atomic mass is 32.2. The number of benzene rings is 2. The van der Waals surface area contributed by atoms with Crippen LogP contribution >= 0.6 is 0 Å². The molecule has 0 aliphatic heterocycles. The van der Waals surface area contributed by atoms with Crippen molar-refractivity contribution < 1.29 is 35.5 Å². The van der Waals surface area contributed by atoms with Gasteiger partial charge < -0.3 is 4.74 Å². The van der Waals surface area contributed by atoms with Crippen LogP contribution in [0.4, 0.5) is 0 Å². The number of ketones is 1. The van der Waals surface area contributed by atoms with Crippen LogP contribution in [0.15, 0.2) is 46.2 Å². The minimum absolute atomic E-state index is 0.0647. The van der Waals surface area contributed by atoms with E-state index >= 15 is 0 Å². The molecule has 176 valence electrons. The Kier molecular flexibility index (Phi) is 7.55. The molecule has 0 fully saturated rings. The Balaban J connectivity index is 2.63. The Morgan fingerprint density at radius 3 is 1.91 bits per heavy atom. The van der Waals surface area contributed by atoms with E-state index in [0.717, 1.165) is 12.1 Å². The van der Waals surface area contributed by atoms with Crippen LogP contribution in [0.1, 0.15) is 68.9 Å². The predicted octanol–water partition coefficient (Wildman–Crippen LogP) is 4.28. The fraction of sp³-hybridized carbons (Fsp3) is 0.409. The molecule has 8 nitrogen and oxygen atoms in total. The third-order valence-electron chi connectivity index (χ3n) is 5.52. The zero-order valence-corrected chi connectivity index (χ0v) is 20.2. The molecule has 2 N–H and O–H groups in total. The lowest BCUT2D eigenvalue weighted by molar-refractivity contribution is 0.103. The lowest BCUT2D eigenvalue weighted by atomic mass is 9.81. The molecule has 0 spiro atoms. The summed E-state index contributed by atoms with van der Waals surface area (Å²) >= 11 is 0. The molecule has 0 saturated carbocycles. The zero-order chi connectivity index (χ0) is 24.5. The fourth-order valence-corrected chi connectivity index (χ4v) is 4.59. The van der Waals surface area contributed by atoms with E-state index in [-0.39, 0.29) is 27.9 Å². The Morgan fingerprint density at radius 1 is 0.938 bits per heavy atom. The van der Waals surface area contributed by atoms with Crippen LogP contribution in [-0.2, 0) is 25.7 Å². The van der Waals surface area contributed by atoms with E-state index in [1.54, 1.807) is 6.92 Å². The third-order valence-corrected chi connectivity index (χ3v) is 7.29. The quantitative estimate of drug-likeness (QED) is 0.398. The van der Waals surface area contributed by atoms with Gasteiger partial charge >= 0.3 is 0 Å². The highest BCUT2D eigenvalue weighted by Crippen LogP contribution is 2.34. The molecule has 2 aromatic rings. The van der Waals surface area contributed by atoms with Crippen LogP contribution in [0.3, 0.4) is 0 Å². The highest BCUT2D eigenvalue weighted by Gasteiger charge is 2.28. The van der Waals surface area contributed by atoms with Crippen molar-refractivity contribution >= 4 is 26.0 Å². The van der Waals surface area contributed by atoms with Crippen LogP contribution in [0.25, 0.3) is 0 Å². The Hall–Kier alpha value is -2.27. The minimum atomic E-state index is -4.70. The van der Waals surface area contributed by atoms with Gasteiger partial charge in [-0.2, -0.15) is 16.8 Å². The summed E-state index contributed by atoms with van der Waals surface area (Å²) in [6, 6.07) is 7.52. The van der Waals surface area contributed by atoms with Gasteiger partial charge in [-0.1, -0.05) is 39.8 Å². The molecule has 10 heteroatoms. The van der Waals surface area contributed by atoms with Crippen molar-refractivity contribution in [2.24, 2.45) is 0 Å². The molecule has 1 atom stereocenters. The molecule has 32 heavy (non-hydrogen) atoms.